The zero-order valence-electron chi connectivity index (χ0n) is 10.7. The quantitative estimate of drug-likeness (QED) is 0.600. The van der Waals surface area contributed by atoms with E-state index in [1.54, 1.807) is 0 Å². The summed E-state index contributed by atoms with van der Waals surface area (Å²) in [5.74, 6) is 0.408. The third kappa shape index (κ3) is 3.24. The van der Waals surface area contributed by atoms with Gasteiger partial charge in [0.05, 0.1) is 18.8 Å². The lowest BCUT2D eigenvalue weighted by atomic mass is 10.2. The van der Waals surface area contributed by atoms with Crippen LogP contribution in [0.15, 0.2) is 30.3 Å². The van der Waals surface area contributed by atoms with E-state index >= 15 is 0 Å². The number of hydrogen-bond acceptors (Lipinski definition) is 5. The van der Waals surface area contributed by atoms with Crippen molar-refractivity contribution >= 4 is 11.5 Å². The van der Waals surface area contributed by atoms with Crippen molar-refractivity contribution < 1.29 is 5.11 Å². The molecule has 2 aromatic rings. The fourth-order valence-corrected chi connectivity index (χ4v) is 1.86. The predicted molar refractivity (Wildman–Crippen MR) is 75.1 cm³/mol. The van der Waals surface area contributed by atoms with Crippen molar-refractivity contribution in [3.05, 3.63) is 41.6 Å². The number of nitrogens with zero attached hydrogens (tertiary/aromatic N) is 2. The van der Waals surface area contributed by atoms with Gasteiger partial charge in [0.15, 0.2) is 0 Å². The Bertz CT molecular complexity index is 523. The molecule has 19 heavy (non-hydrogen) atoms. The van der Waals surface area contributed by atoms with Gasteiger partial charge in [-0.25, -0.2) is 4.68 Å². The number of benzene rings is 1. The molecule has 6 N–H and O–H groups in total. The minimum Gasteiger partial charge on any atom is -0.394 e. The molecule has 0 bridgehead atoms. The second kappa shape index (κ2) is 6.21. The topological polar surface area (TPSA) is 102 Å². The van der Waals surface area contributed by atoms with Crippen molar-refractivity contribution in [2.24, 2.45) is 0 Å². The smallest absolute Gasteiger partial charge is 0.145 e. The van der Waals surface area contributed by atoms with E-state index in [1.807, 2.05) is 18.2 Å². The predicted octanol–water partition coefficient (Wildman–Crippen LogP) is 0.330. The summed E-state index contributed by atoms with van der Waals surface area (Å²) in [5, 5.41) is 16.4. The van der Waals surface area contributed by atoms with Crippen LogP contribution >= 0.6 is 0 Å². The van der Waals surface area contributed by atoms with E-state index in [9.17, 15) is 0 Å². The van der Waals surface area contributed by atoms with Gasteiger partial charge in [0.2, 0.25) is 0 Å². The van der Waals surface area contributed by atoms with E-state index in [2.05, 4.69) is 22.5 Å². The molecule has 102 valence electrons. The summed E-state index contributed by atoms with van der Waals surface area (Å²) in [4.78, 5) is 0. The van der Waals surface area contributed by atoms with Crippen LogP contribution in [0.4, 0.5) is 11.5 Å². The first-order valence-electron chi connectivity index (χ1n) is 6.18. The van der Waals surface area contributed by atoms with Crippen LogP contribution in [0.3, 0.4) is 0 Å². The molecule has 0 saturated heterocycles. The van der Waals surface area contributed by atoms with Crippen molar-refractivity contribution in [1.82, 2.24) is 15.1 Å². The van der Waals surface area contributed by atoms with Crippen molar-refractivity contribution in [2.45, 2.75) is 19.6 Å². The number of aromatic nitrogens is 2. The van der Waals surface area contributed by atoms with Gasteiger partial charge in [0, 0.05) is 13.1 Å². The summed E-state index contributed by atoms with van der Waals surface area (Å²) in [7, 11) is 0. The van der Waals surface area contributed by atoms with Crippen molar-refractivity contribution in [3.8, 4) is 0 Å². The lowest BCUT2D eigenvalue weighted by Gasteiger charge is -2.03. The molecule has 0 aliphatic heterocycles. The minimum atomic E-state index is -0.0117. The molecule has 0 fully saturated rings. The fourth-order valence-electron chi connectivity index (χ4n) is 1.86. The second-order valence-corrected chi connectivity index (χ2v) is 4.28. The Labute approximate surface area is 112 Å². The Hall–Kier alpha value is -2.05. The highest BCUT2D eigenvalue weighted by atomic mass is 16.3. The van der Waals surface area contributed by atoms with Gasteiger partial charge in [-0.1, -0.05) is 30.3 Å². The summed E-state index contributed by atoms with van der Waals surface area (Å²) in [6, 6.07) is 10.1. The molecule has 0 aliphatic carbocycles. The van der Waals surface area contributed by atoms with E-state index in [-0.39, 0.29) is 6.61 Å². The zero-order valence-corrected chi connectivity index (χ0v) is 10.7. The van der Waals surface area contributed by atoms with Gasteiger partial charge >= 0.3 is 0 Å². The van der Waals surface area contributed by atoms with Crippen LogP contribution in [-0.4, -0.2) is 21.5 Å². The summed E-state index contributed by atoms with van der Waals surface area (Å²) in [6.45, 7) is 1.63. The Morgan fingerprint density at radius 1 is 1.16 bits per heavy atom. The molecule has 0 saturated carbocycles. The number of aliphatic hydroxyl groups is 1. The molecule has 0 aliphatic rings. The molecule has 6 nitrogen and oxygen atoms in total. The van der Waals surface area contributed by atoms with Gasteiger partial charge in [-0.2, -0.15) is 5.10 Å². The van der Waals surface area contributed by atoms with Crippen LogP contribution in [-0.2, 0) is 19.6 Å². The SMILES string of the molecule is Nc1c(CNCc2ccccc2)nn(CCO)c1N. The van der Waals surface area contributed by atoms with Crippen LogP contribution in [0.2, 0.25) is 0 Å². The van der Waals surface area contributed by atoms with E-state index in [4.69, 9.17) is 16.6 Å². The normalized spacial score (nSPS) is 10.8. The first-order valence-corrected chi connectivity index (χ1v) is 6.18. The molecule has 1 aromatic carbocycles. The van der Waals surface area contributed by atoms with Crippen molar-refractivity contribution in [3.63, 3.8) is 0 Å². The number of anilines is 2. The third-order valence-corrected chi connectivity index (χ3v) is 2.88. The fraction of sp³-hybridized carbons (Fsp3) is 0.308. The number of nitrogens with two attached hydrogens (primary N) is 2. The van der Waals surface area contributed by atoms with Crippen molar-refractivity contribution in [2.75, 3.05) is 18.1 Å². The van der Waals surface area contributed by atoms with Crippen LogP contribution in [0.1, 0.15) is 11.3 Å². The number of hydrogen-bond donors (Lipinski definition) is 4. The summed E-state index contributed by atoms with van der Waals surface area (Å²) in [5.41, 5.74) is 14.1. The van der Waals surface area contributed by atoms with E-state index in [0.717, 1.165) is 6.54 Å². The van der Waals surface area contributed by atoms with E-state index in [1.165, 1.54) is 10.2 Å². The van der Waals surface area contributed by atoms with Gasteiger partial charge < -0.3 is 21.9 Å². The van der Waals surface area contributed by atoms with Gasteiger partial charge in [0.1, 0.15) is 11.5 Å². The molecular formula is C13H19N5O. The first-order chi connectivity index (χ1) is 9.22. The average molecular weight is 261 g/mol. The van der Waals surface area contributed by atoms with Gasteiger partial charge in [-0.3, -0.25) is 0 Å². The first kappa shape index (κ1) is 13.4. The van der Waals surface area contributed by atoms with Gasteiger partial charge in [0.25, 0.3) is 0 Å². The van der Waals surface area contributed by atoms with Crippen LogP contribution in [0.25, 0.3) is 0 Å². The van der Waals surface area contributed by atoms with Crippen LogP contribution in [0.5, 0.6) is 0 Å². The molecule has 0 spiro atoms. The molecular weight excluding hydrogens is 242 g/mol. The lowest BCUT2D eigenvalue weighted by molar-refractivity contribution is 0.270. The standard InChI is InChI=1S/C13H19N5O/c14-12-11(17-18(6-7-19)13(12)15)9-16-8-10-4-2-1-3-5-10/h1-5,16,19H,6-9,14-15H2. The molecule has 0 radical (unpaired) electrons. The van der Waals surface area contributed by atoms with Crippen LogP contribution in [0, 0.1) is 0 Å². The highest BCUT2D eigenvalue weighted by Gasteiger charge is 2.11. The Morgan fingerprint density at radius 3 is 2.58 bits per heavy atom. The Morgan fingerprint density at radius 2 is 1.89 bits per heavy atom. The monoisotopic (exact) mass is 261 g/mol. The van der Waals surface area contributed by atoms with E-state index in [0.29, 0.717) is 30.3 Å². The lowest BCUT2D eigenvalue weighted by Crippen LogP contribution is -2.14. The Balaban J connectivity index is 1.94. The highest BCUT2D eigenvalue weighted by Crippen LogP contribution is 2.19. The van der Waals surface area contributed by atoms with Crippen LogP contribution < -0.4 is 16.8 Å². The summed E-state index contributed by atoms with van der Waals surface area (Å²) >= 11 is 0. The van der Waals surface area contributed by atoms with Gasteiger partial charge in [-0.15, -0.1) is 0 Å². The second-order valence-electron chi connectivity index (χ2n) is 4.28. The van der Waals surface area contributed by atoms with Gasteiger partial charge in [-0.05, 0) is 5.56 Å². The number of nitrogens with one attached hydrogen (secondary N) is 1. The molecule has 6 heteroatoms. The number of rotatable bonds is 6. The summed E-state index contributed by atoms with van der Waals surface area (Å²) in [6.07, 6.45) is 0. The molecule has 1 aromatic heterocycles. The van der Waals surface area contributed by atoms with Crippen molar-refractivity contribution in [1.29, 1.82) is 0 Å². The number of nitrogen functional groups attached to an aromatic ring is 2. The summed E-state index contributed by atoms with van der Waals surface area (Å²) < 4.78 is 1.52. The Kier molecular flexibility index (Phi) is 4.38. The third-order valence-electron chi connectivity index (χ3n) is 2.88. The number of aliphatic hydroxyl groups excluding tert-OH is 1. The van der Waals surface area contributed by atoms with E-state index < -0.39 is 0 Å². The molecule has 0 amide bonds. The molecule has 2 rings (SSSR count). The minimum absolute atomic E-state index is 0.0117. The zero-order chi connectivity index (χ0) is 13.7. The highest BCUT2D eigenvalue weighted by molar-refractivity contribution is 5.62. The maximum atomic E-state index is 8.90. The maximum Gasteiger partial charge on any atom is 0.145 e. The molecule has 1 heterocycles. The molecule has 0 unspecified atom stereocenters. The molecule has 0 atom stereocenters. The largest absolute Gasteiger partial charge is 0.394 e. The maximum absolute atomic E-state index is 8.90. The average Bonchev–Trinajstić information content (AvgIpc) is 2.69.